The number of anilines is 1. The molecule has 0 aliphatic carbocycles. The van der Waals surface area contributed by atoms with Crippen molar-refractivity contribution in [1.29, 1.82) is 0 Å². The standard InChI is InChI=1S/C16H27FN2O/c1-6-12(2)19(10-11-20-5)16-14(13(3)18-4)8-7-9-15(16)17/h7-9,12-13,18H,6,10-11H2,1-5H3. The molecule has 2 atom stereocenters. The van der Waals surface area contributed by atoms with E-state index in [1.807, 2.05) is 20.0 Å². The van der Waals surface area contributed by atoms with Gasteiger partial charge in [0.15, 0.2) is 0 Å². The maximum absolute atomic E-state index is 14.4. The summed E-state index contributed by atoms with van der Waals surface area (Å²) < 4.78 is 19.6. The highest BCUT2D eigenvalue weighted by Gasteiger charge is 2.22. The van der Waals surface area contributed by atoms with Crippen LogP contribution in [0.15, 0.2) is 18.2 Å². The molecule has 4 heteroatoms. The zero-order chi connectivity index (χ0) is 15.1. The fourth-order valence-electron chi connectivity index (χ4n) is 2.30. The van der Waals surface area contributed by atoms with E-state index in [1.54, 1.807) is 13.2 Å². The normalized spacial score (nSPS) is 14.1. The Morgan fingerprint density at radius 2 is 2.05 bits per heavy atom. The zero-order valence-corrected chi connectivity index (χ0v) is 13.2. The summed E-state index contributed by atoms with van der Waals surface area (Å²) in [5.74, 6) is -0.166. The predicted octanol–water partition coefficient (Wildman–Crippen LogP) is 3.36. The number of nitrogens with one attached hydrogen (secondary N) is 1. The number of methoxy groups -OCH3 is 1. The second kappa shape index (κ2) is 8.22. The molecule has 0 fully saturated rings. The molecule has 1 aromatic rings. The van der Waals surface area contributed by atoms with Gasteiger partial charge in [0.25, 0.3) is 0 Å². The maximum atomic E-state index is 14.4. The van der Waals surface area contributed by atoms with E-state index >= 15 is 0 Å². The number of hydrogen-bond donors (Lipinski definition) is 1. The first-order valence-electron chi connectivity index (χ1n) is 7.28. The van der Waals surface area contributed by atoms with Gasteiger partial charge in [0.2, 0.25) is 0 Å². The molecule has 114 valence electrons. The van der Waals surface area contributed by atoms with Gasteiger partial charge in [-0.05, 0) is 38.9 Å². The van der Waals surface area contributed by atoms with E-state index in [-0.39, 0.29) is 17.9 Å². The van der Waals surface area contributed by atoms with Crippen LogP contribution in [0.2, 0.25) is 0 Å². The highest BCUT2D eigenvalue weighted by molar-refractivity contribution is 5.57. The number of rotatable bonds is 8. The molecule has 0 spiro atoms. The second-order valence-corrected chi connectivity index (χ2v) is 5.13. The van der Waals surface area contributed by atoms with Crippen molar-refractivity contribution in [1.82, 2.24) is 5.32 Å². The van der Waals surface area contributed by atoms with E-state index in [1.165, 1.54) is 6.07 Å². The highest BCUT2D eigenvalue weighted by Crippen LogP contribution is 2.31. The molecule has 20 heavy (non-hydrogen) atoms. The van der Waals surface area contributed by atoms with Crippen LogP contribution in [-0.4, -0.2) is 33.4 Å². The van der Waals surface area contributed by atoms with Gasteiger partial charge in [-0.1, -0.05) is 19.1 Å². The lowest BCUT2D eigenvalue weighted by atomic mass is 10.0. The minimum absolute atomic E-state index is 0.106. The Balaban J connectivity index is 3.22. The van der Waals surface area contributed by atoms with E-state index in [9.17, 15) is 4.39 Å². The SMILES string of the molecule is CCC(C)N(CCOC)c1c(F)cccc1C(C)NC. The van der Waals surface area contributed by atoms with Crippen molar-refractivity contribution in [3.8, 4) is 0 Å². The predicted molar refractivity (Wildman–Crippen MR) is 82.8 cm³/mol. The summed E-state index contributed by atoms with van der Waals surface area (Å²) in [5, 5.41) is 3.19. The number of benzene rings is 1. The summed E-state index contributed by atoms with van der Waals surface area (Å²) in [4.78, 5) is 2.11. The van der Waals surface area contributed by atoms with Crippen LogP contribution in [-0.2, 0) is 4.74 Å². The van der Waals surface area contributed by atoms with Crippen LogP contribution >= 0.6 is 0 Å². The molecule has 1 rings (SSSR count). The quantitative estimate of drug-likeness (QED) is 0.791. The maximum Gasteiger partial charge on any atom is 0.146 e. The van der Waals surface area contributed by atoms with E-state index < -0.39 is 0 Å². The Labute approximate surface area is 122 Å². The molecule has 0 aliphatic rings. The van der Waals surface area contributed by atoms with Crippen molar-refractivity contribution in [2.24, 2.45) is 0 Å². The van der Waals surface area contributed by atoms with Crippen molar-refractivity contribution < 1.29 is 9.13 Å². The van der Waals surface area contributed by atoms with Crippen molar-refractivity contribution in [3.05, 3.63) is 29.6 Å². The molecular weight excluding hydrogens is 255 g/mol. The van der Waals surface area contributed by atoms with Crippen LogP contribution in [0.1, 0.15) is 38.8 Å². The van der Waals surface area contributed by atoms with E-state index in [0.29, 0.717) is 18.8 Å². The summed E-state index contributed by atoms with van der Waals surface area (Å²) in [6.45, 7) is 7.56. The summed E-state index contributed by atoms with van der Waals surface area (Å²) in [5.41, 5.74) is 1.68. The number of para-hydroxylation sites is 1. The molecule has 0 saturated heterocycles. The lowest BCUT2D eigenvalue weighted by Gasteiger charge is -2.33. The molecule has 0 aromatic heterocycles. The molecule has 0 radical (unpaired) electrons. The minimum atomic E-state index is -0.166. The molecule has 3 nitrogen and oxygen atoms in total. The number of halogens is 1. The van der Waals surface area contributed by atoms with Gasteiger partial charge in [0.05, 0.1) is 12.3 Å². The van der Waals surface area contributed by atoms with E-state index in [4.69, 9.17) is 4.74 Å². The smallest absolute Gasteiger partial charge is 0.146 e. The molecule has 1 N–H and O–H groups in total. The van der Waals surface area contributed by atoms with Crippen LogP contribution in [0.3, 0.4) is 0 Å². The molecule has 2 unspecified atom stereocenters. The van der Waals surface area contributed by atoms with Gasteiger partial charge >= 0.3 is 0 Å². The molecule has 0 saturated carbocycles. The van der Waals surface area contributed by atoms with Crippen LogP contribution in [0.5, 0.6) is 0 Å². The summed E-state index contributed by atoms with van der Waals surface area (Å²) in [7, 11) is 3.56. The van der Waals surface area contributed by atoms with Crippen molar-refractivity contribution in [2.75, 3.05) is 32.2 Å². The van der Waals surface area contributed by atoms with Gasteiger partial charge < -0.3 is 15.0 Å². The first kappa shape index (κ1) is 16.9. The Hall–Kier alpha value is -1.13. The molecular formula is C16H27FN2O. The fraction of sp³-hybridized carbons (Fsp3) is 0.625. The van der Waals surface area contributed by atoms with Crippen molar-refractivity contribution >= 4 is 5.69 Å². The van der Waals surface area contributed by atoms with Crippen molar-refractivity contribution in [3.63, 3.8) is 0 Å². The van der Waals surface area contributed by atoms with Gasteiger partial charge in [0.1, 0.15) is 5.82 Å². The van der Waals surface area contributed by atoms with Crippen LogP contribution in [0.25, 0.3) is 0 Å². The third-order valence-electron chi connectivity index (χ3n) is 3.86. The third kappa shape index (κ3) is 3.93. The fourth-order valence-corrected chi connectivity index (χ4v) is 2.30. The van der Waals surface area contributed by atoms with Gasteiger partial charge in [-0.2, -0.15) is 0 Å². The first-order valence-corrected chi connectivity index (χ1v) is 7.28. The number of ether oxygens (including phenoxy) is 1. The van der Waals surface area contributed by atoms with Crippen LogP contribution < -0.4 is 10.2 Å². The minimum Gasteiger partial charge on any atom is -0.383 e. The average molecular weight is 282 g/mol. The van der Waals surface area contributed by atoms with Crippen LogP contribution in [0.4, 0.5) is 10.1 Å². The number of hydrogen-bond acceptors (Lipinski definition) is 3. The van der Waals surface area contributed by atoms with Gasteiger partial charge in [-0.3, -0.25) is 0 Å². The molecule has 0 bridgehead atoms. The van der Waals surface area contributed by atoms with E-state index in [0.717, 1.165) is 12.0 Å². The first-order chi connectivity index (χ1) is 9.56. The summed E-state index contributed by atoms with van der Waals surface area (Å²) >= 11 is 0. The zero-order valence-electron chi connectivity index (χ0n) is 13.2. The Kier molecular flexibility index (Phi) is 6.96. The van der Waals surface area contributed by atoms with Crippen LogP contribution in [0, 0.1) is 5.82 Å². The van der Waals surface area contributed by atoms with Crippen molar-refractivity contribution in [2.45, 2.75) is 39.3 Å². The van der Waals surface area contributed by atoms with Gasteiger partial charge in [-0.15, -0.1) is 0 Å². The topological polar surface area (TPSA) is 24.5 Å². The average Bonchev–Trinajstić information content (AvgIpc) is 2.47. The third-order valence-corrected chi connectivity index (χ3v) is 3.86. The summed E-state index contributed by atoms with van der Waals surface area (Å²) in [6, 6.07) is 5.66. The molecule has 1 aromatic carbocycles. The Morgan fingerprint density at radius 3 is 2.60 bits per heavy atom. The lowest BCUT2D eigenvalue weighted by Crippen LogP contribution is -2.37. The molecule has 0 amide bonds. The highest BCUT2D eigenvalue weighted by atomic mass is 19.1. The summed E-state index contributed by atoms with van der Waals surface area (Å²) in [6.07, 6.45) is 0.964. The number of nitrogens with zero attached hydrogens (tertiary/aromatic N) is 1. The monoisotopic (exact) mass is 282 g/mol. The molecule has 0 aliphatic heterocycles. The van der Waals surface area contributed by atoms with E-state index in [2.05, 4.69) is 24.1 Å². The Bertz CT molecular complexity index is 411. The van der Waals surface area contributed by atoms with Gasteiger partial charge in [0, 0.05) is 25.7 Å². The largest absolute Gasteiger partial charge is 0.383 e. The van der Waals surface area contributed by atoms with Gasteiger partial charge in [-0.25, -0.2) is 4.39 Å². The second-order valence-electron chi connectivity index (χ2n) is 5.13. The molecule has 0 heterocycles. The Morgan fingerprint density at radius 1 is 1.35 bits per heavy atom. The lowest BCUT2D eigenvalue weighted by molar-refractivity contribution is 0.203.